The van der Waals surface area contributed by atoms with Gasteiger partial charge in [0.25, 0.3) is 0 Å². The van der Waals surface area contributed by atoms with Crippen LogP contribution in [0, 0.1) is 0 Å². The van der Waals surface area contributed by atoms with Crippen molar-refractivity contribution < 1.29 is 23.7 Å². The van der Waals surface area contributed by atoms with E-state index < -0.39 is 5.97 Å². The lowest BCUT2D eigenvalue weighted by atomic mass is 10.1. The summed E-state index contributed by atoms with van der Waals surface area (Å²) < 4.78 is 20.6. The third-order valence-corrected chi connectivity index (χ3v) is 2.91. The van der Waals surface area contributed by atoms with Gasteiger partial charge in [-0.1, -0.05) is 0 Å². The molecule has 0 saturated heterocycles. The van der Waals surface area contributed by atoms with E-state index in [1.54, 1.807) is 18.2 Å². The number of hydrogen-bond donors (Lipinski definition) is 0. The first-order valence-corrected chi connectivity index (χ1v) is 6.12. The summed E-state index contributed by atoms with van der Waals surface area (Å²) in [5.74, 6) is 1.06. The zero-order valence-electron chi connectivity index (χ0n) is 11.2. The molecule has 0 bridgehead atoms. The van der Waals surface area contributed by atoms with Crippen molar-refractivity contribution in [3.05, 3.63) is 22.2 Å². The number of hydrogen-bond acceptors (Lipinski definition) is 5. The fourth-order valence-electron chi connectivity index (χ4n) is 1.49. The van der Waals surface area contributed by atoms with Crippen LogP contribution in [0.5, 0.6) is 17.2 Å². The summed E-state index contributed by atoms with van der Waals surface area (Å²) in [5, 5.41) is 0. The summed E-state index contributed by atoms with van der Waals surface area (Å²) in [4.78, 5) is 11.3. The van der Waals surface area contributed by atoms with Crippen molar-refractivity contribution in [2.45, 2.75) is 0 Å². The number of rotatable bonds is 5. The zero-order valence-corrected chi connectivity index (χ0v) is 12.7. The molecule has 0 unspecified atom stereocenters. The van der Waals surface area contributed by atoms with E-state index in [1.165, 1.54) is 28.4 Å². The molecule has 0 fully saturated rings. The predicted octanol–water partition coefficient (Wildman–Crippen LogP) is 2.62. The maximum Gasteiger partial charge on any atom is 0.344 e. The third-order valence-electron chi connectivity index (χ3n) is 2.36. The molecule has 0 heterocycles. The van der Waals surface area contributed by atoms with E-state index in [0.29, 0.717) is 27.3 Å². The molecule has 104 valence electrons. The van der Waals surface area contributed by atoms with Gasteiger partial charge in [0.15, 0.2) is 11.5 Å². The Bertz CT molecular complexity index is 471. The number of methoxy groups -OCH3 is 4. The molecule has 5 nitrogen and oxygen atoms in total. The number of carbonyl (C=O) groups is 1. The molecule has 0 aliphatic rings. The normalized spacial score (nSPS) is 10.9. The molecule has 0 aliphatic heterocycles. The Morgan fingerprint density at radius 1 is 1.05 bits per heavy atom. The van der Waals surface area contributed by atoms with Crippen molar-refractivity contribution in [3.8, 4) is 17.2 Å². The number of halogens is 1. The van der Waals surface area contributed by atoms with Gasteiger partial charge in [-0.25, -0.2) is 4.79 Å². The topological polar surface area (TPSA) is 54.0 Å². The molecule has 0 amide bonds. The van der Waals surface area contributed by atoms with E-state index >= 15 is 0 Å². The molecule has 0 spiro atoms. The average Bonchev–Trinajstić information content (AvgIpc) is 2.44. The van der Waals surface area contributed by atoms with E-state index in [1.807, 2.05) is 0 Å². The van der Waals surface area contributed by atoms with Gasteiger partial charge in [-0.2, -0.15) is 0 Å². The highest BCUT2D eigenvalue weighted by molar-refractivity contribution is 9.12. The van der Waals surface area contributed by atoms with Crippen molar-refractivity contribution in [2.24, 2.45) is 0 Å². The van der Waals surface area contributed by atoms with E-state index in [2.05, 4.69) is 20.7 Å². The van der Waals surface area contributed by atoms with Crippen molar-refractivity contribution in [1.82, 2.24) is 0 Å². The van der Waals surface area contributed by atoms with Gasteiger partial charge in [0.1, 0.15) is 4.48 Å². The molecule has 0 atom stereocenters. The van der Waals surface area contributed by atoms with Gasteiger partial charge in [-0.05, 0) is 39.7 Å². The van der Waals surface area contributed by atoms with Crippen LogP contribution in [0.4, 0.5) is 0 Å². The molecule has 1 aromatic carbocycles. The highest BCUT2D eigenvalue weighted by atomic mass is 79.9. The van der Waals surface area contributed by atoms with Crippen LogP contribution < -0.4 is 14.2 Å². The Labute approximate surface area is 120 Å². The van der Waals surface area contributed by atoms with Crippen molar-refractivity contribution in [3.63, 3.8) is 0 Å². The highest BCUT2D eigenvalue weighted by Crippen LogP contribution is 2.38. The summed E-state index contributed by atoms with van der Waals surface area (Å²) in [6.07, 6.45) is 1.61. The maximum absolute atomic E-state index is 11.3. The lowest BCUT2D eigenvalue weighted by Crippen LogP contribution is -1.99. The molecule has 6 heteroatoms. The van der Waals surface area contributed by atoms with Gasteiger partial charge < -0.3 is 18.9 Å². The Hall–Kier alpha value is -1.69. The molecule has 1 aromatic rings. The molecule has 0 saturated carbocycles. The first-order valence-electron chi connectivity index (χ1n) is 5.32. The number of ether oxygens (including phenoxy) is 4. The maximum atomic E-state index is 11.3. The van der Waals surface area contributed by atoms with Crippen LogP contribution in [-0.4, -0.2) is 34.4 Å². The first kappa shape index (κ1) is 15.4. The monoisotopic (exact) mass is 330 g/mol. The van der Waals surface area contributed by atoms with Gasteiger partial charge in [-0.15, -0.1) is 0 Å². The fraction of sp³-hybridized carbons (Fsp3) is 0.308. The van der Waals surface area contributed by atoms with Crippen molar-refractivity contribution in [1.29, 1.82) is 0 Å². The molecular formula is C13H15BrO5. The minimum atomic E-state index is -0.464. The van der Waals surface area contributed by atoms with Crippen molar-refractivity contribution >= 4 is 28.0 Å². The van der Waals surface area contributed by atoms with Crippen LogP contribution in [0.2, 0.25) is 0 Å². The Morgan fingerprint density at radius 2 is 1.58 bits per heavy atom. The SMILES string of the molecule is COC(=O)/C(Br)=C\c1cc(OC)c(OC)c(OC)c1. The average molecular weight is 331 g/mol. The van der Waals surface area contributed by atoms with Gasteiger partial charge >= 0.3 is 5.97 Å². The Balaban J connectivity index is 3.27. The van der Waals surface area contributed by atoms with Gasteiger partial charge in [0, 0.05) is 0 Å². The lowest BCUT2D eigenvalue weighted by molar-refractivity contribution is -0.135. The molecule has 0 aromatic heterocycles. The number of carbonyl (C=O) groups excluding carboxylic acids is 1. The summed E-state index contributed by atoms with van der Waals surface area (Å²) in [6.45, 7) is 0. The lowest BCUT2D eigenvalue weighted by Gasteiger charge is -2.13. The smallest absolute Gasteiger partial charge is 0.344 e. The number of esters is 1. The van der Waals surface area contributed by atoms with E-state index in [4.69, 9.17) is 14.2 Å². The van der Waals surface area contributed by atoms with Crippen LogP contribution in [0.3, 0.4) is 0 Å². The minimum Gasteiger partial charge on any atom is -0.493 e. The summed E-state index contributed by atoms with van der Waals surface area (Å²) in [5.41, 5.74) is 0.715. The summed E-state index contributed by atoms with van der Waals surface area (Å²) in [6, 6.07) is 3.46. The molecule has 0 aliphatic carbocycles. The summed E-state index contributed by atoms with van der Waals surface area (Å²) in [7, 11) is 5.90. The second kappa shape index (κ2) is 7.04. The number of benzene rings is 1. The Kier molecular flexibility index (Phi) is 5.69. The van der Waals surface area contributed by atoms with Crippen molar-refractivity contribution in [2.75, 3.05) is 28.4 Å². The minimum absolute atomic E-state index is 0.296. The second-order valence-electron chi connectivity index (χ2n) is 3.44. The predicted molar refractivity (Wildman–Crippen MR) is 75.0 cm³/mol. The Morgan fingerprint density at radius 3 is 1.95 bits per heavy atom. The summed E-state index contributed by atoms with van der Waals surface area (Å²) >= 11 is 3.14. The van der Waals surface area contributed by atoms with Gasteiger partial charge in [-0.3, -0.25) is 0 Å². The van der Waals surface area contributed by atoms with Crippen LogP contribution in [0.1, 0.15) is 5.56 Å². The van der Waals surface area contributed by atoms with Gasteiger partial charge in [0.05, 0.1) is 28.4 Å². The van der Waals surface area contributed by atoms with E-state index in [9.17, 15) is 4.79 Å². The van der Waals surface area contributed by atoms with Crippen LogP contribution in [0.15, 0.2) is 16.6 Å². The fourth-order valence-corrected chi connectivity index (χ4v) is 1.91. The van der Waals surface area contributed by atoms with Crippen LogP contribution >= 0.6 is 15.9 Å². The van der Waals surface area contributed by atoms with E-state index in [-0.39, 0.29) is 0 Å². The molecule has 19 heavy (non-hydrogen) atoms. The third kappa shape index (κ3) is 3.64. The van der Waals surface area contributed by atoms with E-state index in [0.717, 1.165) is 0 Å². The molecule has 0 N–H and O–H groups in total. The highest BCUT2D eigenvalue weighted by Gasteiger charge is 2.13. The molecule has 1 rings (SSSR count). The van der Waals surface area contributed by atoms with Gasteiger partial charge in [0.2, 0.25) is 5.75 Å². The zero-order chi connectivity index (χ0) is 14.4. The quantitative estimate of drug-likeness (QED) is 0.613. The first-order chi connectivity index (χ1) is 9.07. The second-order valence-corrected chi connectivity index (χ2v) is 4.30. The van der Waals surface area contributed by atoms with Crippen LogP contribution in [-0.2, 0) is 9.53 Å². The largest absolute Gasteiger partial charge is 0.493 e. The molecular weight excluding hydrogens is 316 g/mol. The van der Waals surface area contributed by atoms with Crippen LogP contribution in [0.25, 0.3) is 6.08 Å². The molecule has 0 radical (unpaired) electrons. The standard InChI is InChI=1S/C13H15BrO5/c1-16-10-6-8(5-9(14)13(15)19-4)7-11(17-2)12(10)18-3/h5-7H,1-4H3/b9-5+.